The molecule has 1 amide bonds. The highest BCUT2D eigenvalue weighted by Gasteiger charge is 2.26. The molecule has 29 heavy (non-hydrogen) atoms. The Balaban J connectivity index is 1.72. The summed E-state index contributed by atoms with van der Waals surface area (Å²) in [5.41, 5.74) is 2.73. The van der Waals surface area contributed by atoms with Gasteiger partial charge in [0.1, 0.15) is 17.2 Å². The Morgan fingerprint density at radius 3 is 2.00 bits per heavy atom. The third-order valence-electron chi connectivity index (χ3n) is 5.39. The predicted octanol–water partition coefficient (Wildman–Crippen LogP) is 4.36. The van der Waals surface area contributed by atoms with Gasteiger partial charge in [-0.25, -0.2) is 4.98 Å². The zero-order valence-electron chi connectivity index (χ0n) is 16.6. The number of oxazole rings is 1. The normalized spacial score (nSPS) is 14.6. The van der Waals surface area contributed by atoms with Crippen LogP contribution in [0.15, 0.2) is 52.9 Å². The lowest BCUT2D eigenvalue weighted by Gasteiger charge is -2.27. The fraction of sp³-hybridized carbons (Fsp3) is 0.304. The minimum Gasteiger partial charge on any atom is -0.497 e. The van der Waals surface area contributed by atoms with E-state index in [0.717, 1.165) is 72.3 Å². The number of ether oxygens (including phenoxy) is 2. The van der Waals surface area contributed by atoms with Crippen molar-refractivity contribution in [2.75, 3.05) is 27.3 Å². The van der Waals surface area contributed by atoms with Crippen LogP contribution >= 0.6 is 0 Å². The molecule has 0 radical (unpaired) electrons. The van der Waals surface area contributed by atoms with E-state index in [2.05, 4.69) is 0 Å². The van der Waals surface area contributed by atoms with Crippen molar-refractivity contribution in [3.05, 3.63) is 54.4 Å². The van der Waals surface area contributed by atoms with Crippen molar-refractivity contribution >= 4 is 6.41 Å². The van der Waals surface area contributed by atoms with E-state index in [-0.39, 0.29) is 5.92 Å². The second-order valence-corrected chi connectivity index (χ2v) is 7.10. The SMILES string of the molecule is COc1ccc(-c2nc(C3CCN(C=O)CC3)oc2-c2ccc(OC)cc2)cc1. The maximum absolute atomic E-state index is 11.0. The van der Waals surface area contributed by atoms with Gasteiger partial charge in [-0.1, -0.05) is 0 Å². The van der Waals surface area contributed by atoms with Crippen LogP contribution in [0.1, 0.15) is 24.7 Å². The summed E-state index contributed by atoms with van der Waals surface area (Å²) in [5.74, 6) is 3.26. The van der Waals surface area contributed by atoms with Crippen molar-refractivity contribution in [2.45, 2.75) is 18.8 Å². The molecule has 6 heteroatoms. The standard InChI is InChI=1S/C23H24N2O4/c1-27-19-7-3-16(4-8-19)21-22(17-5-9-20(28-2)10-6-17)29-23(24-21)18-11-13-25(15-26)14-12-18/h3-10,15,18H,11-14H2,1-2H3. The van der Waals surface area contributed by atoms with Crippen LogP contribution in [-0.2, 0) is 4.79 Å². The number of hydrogen-bond acceptors (Lipinski definition) is 5. The minimum atomic E-state index is 0.204. The lowest BCUT2D eigenvalue weighted by Crippen LogP contribution is -2.31. The summed E-state index contributed by atoms with van der Waals surface area (Å²) < 4.78 is 16.9. The molecule has 3 aromatic rings. The molecule has 150 valence electrons. The fourth-order valence-electron chi connectivity index (χ4n) is 3.65. The van der Waals surface area contributed by atoms with Gasteiger partial charge in [0.2, 0.25) is 6.41 Å². The van der Waals surface area contributed by atoms with Crippen molar-refractivity contribution in [3.8, 4) is 34.1 Å². The van der Waals surface area contributed by atoms with Crippen molar-refractivity contribution in [1.29, 1.82) is 0 Å². The third-order valence-corrected chi connectivity index (χ3v) is 5.39. The molecule has 0 aliphatic carbocycles. The number of hydrogen-bond donors (Lipinski definition) is 0. The Morgan fingerprint density at radius 2 is 1.48 bits per heavy atom. The van der Waals surface area contributed by atoms with Crippen LogP contribution in [0.4, 0.5) is 0 Å². The number of likely N-dealkylation sites (tertiary alicyclic amines) is 1. The highest BCUT2D eigenvalue weighted by Crippen LogP contribution is 2.38. The molecule has 0 unspecified atom stereocenters. The zero-order chi connectivity index (χ0) is 20.2. The van der Waals surface area contributed by atoms with Crippen LogP contribution in [0.2, 0.25) is 0 Å². The van der Waals surface area contributed by atoms with Crippen molar-refractivity contribution < 1.29 is 18.7 Å². The molecule has 0 bridgehead atoms. The number of piperidine rings is 1. The summed E-state index contributed by atoms with van der Waals surface area (Å²) in [4.78, 5) is 17.7. The quantitative estimate of drug-likeness (QED) is 0.583. The van der Waals surface area contributed by atoms with Crippen LogP contribution in [0, 0.1) is 0 Å². The second kappa shape index (κ2) is 8.39. The maximum atomic E-state index is 11.0. The van der Waals surface area contributed by atoms with Gasteiger partial charge in [-0.05, 0) is 61.4 Å². The average molecular weight is 392 g/mol. The van der Waals surface area contributed by atoms with E-state index in [1.54, 1.807) is 19.1 Å². The number of aromatic nitrogens is 1. The molecule has 0 N–H and O–H groups in total. The fourth-order valence-corrected chi connectivity index (χ4v) is 3.65. The number of methoxy groups -OCH3 is 2. The van der Waals surface area contributed by atoms with Crippen LogP contribution in [0.5, 0.6) is 11.5 Å². The first-order valence-corrected chi connectivity index (χ1v) is 9.70. The van der Waals surface area contributed by atoms with E-state index in [9.17, 15) is 4.79 Å². The Bertz CT molecular complexity index is 891. The molecule has 1 aliphatic heterocycles. The molecular formula is C23H24N2O4. The largest absolute Gasteiger partial charge is 0.497 e. The van der Waals surface area contributed by atoms with Gasteiger partial charge in [-0.2, -0.15) is 0 Å². The van der Waals surface area contributed by atoms with E-state index in [4.69, 9.17) is 18.9 Å². The molecule has 0 spiro atoms. The predicted molar refractivity (Wildman–Crippen MR) is 110 cm³/mol. The van der Waals surface area contributed by atoms with Gasteiger partial charge in [0, 0.05) is 30.1 Å². The van der Waals surface area contributed by atoms with E-state index < -0.39 is 0 Å². The van der Waals surface area contributed by atoms with Gasteiger partial charge in [-0.3, -0.25) is 4.79 Å². The molecule has 1 saturated heterocycles. The second-order valence-electron chi connectivity index (χ2n) is 7.10. The van der Waals surface area contributed by atoms with E-state index in [1.807, 2.05) is 48.5 Å². The van der Waals surface area contributed by atoms with Crippen molar-refractivity contribution in [3.63, 3.8) is 0 Å². The molecule has 1 aliphatic rings. The smallest absolute Gasteiger partial charge is 0.209 e. The minimum absolute atomic E-state index is 0.204. The third kappa shape index (κ3) is 3.97. The molecule has 6 nitrogen and oxygen atoms in total. The molecule has 0 atom stereocenters. The summed E-state index contributed by atoms with van der Waals surface area (Å²) >= 11 is 0. The molecule has 0 saturated carbocycles. The Morgan fingerprint density at radius 1 is 0.931 bits per heavy atom. The highest BCUT2D eigenvalue weighted by molar-refractivity contribution is 5.77. The summed E-state index contributed by atoms with van der Waals surface area (Å²) in [6.45, 7) is 1.46. The first-order chi connectivity index (χ1) is 14.2. The van der Waals surface area contributed by atoms with E-state index in [0.29, 0.717) is 0 Å². The topological polar surface area (TPSA) is 64.8 Å². The van der Waals surface area contributed by atoms with Crippen molar-refractivity contribution in [2.24, 2.45) is 0 Å². The van der Waals surface area contributed by atoms with Crippen LogP contribution in [0.3, 0.4) is 0 Å². The first kappa shape index (κ1) is 19.1. The van der Waals surface area contributed by atoms with Gasteiger partial charge in [0.15, 0.2) is 11.7 Å². The number of amides is 1. The van der Waals surface area contributed by atoms with E-state index in [1.165, 1.54) is 0 Å². The number of nitrogens with zero attached hydrogens (tertiary/aromatic N) is 2. The van der Waals surface area contributed by atoms with Crippen LogP contribution < -0.4 is 9.47 Å². The molecule has 2 heterocycles. The van der Waals surface area contributed by atoms with Crippen molar-refractivity contribution in [1.82, 2.24) is 9.88 Å². The van der Waals surface area contributed by atoms with Gasteiger partial charge in [0.05, 0.1) is 14.2 Å². The Kier molecular flexibility index (Phi) is 5.51. The maximum Gasteiger partial charge on any atom is 0.209 e. The summed E-state index contributed by atoms with van der Waals surface area (Å²) in [6, 6.07) is 15.6. The van der Waals surface area contributed by atoms with Gasteiger partial charge in [-0.15, -0.1) is 0 Å². The molecular weight excluding hydrogens is 368 g/mol. The Hall–Kier alpha value is -3.28. The molecule has 4 rings (SSSR count). The molecule has 2 aromatic carbocycles. The Labute approximate surface area is 170 Å². The lowest BCUT2D eigenvalue weighted by atomic mass is 9.97. The number of rotatable bonds is 6. The monoisotopic (exact) mass is 392 g/mol. The summed E-state index contributed by atoms with van der Waals surface area (Å²) in [6.07, 6.45) is 2.62. The van der Waals surface area contributed by atoms with E-state index >= 15 is 0 Å². The summed E-state index contributed by atoms with van der Waals surface area (Å²) in [5, 5.41) is 0. The zero-order valence-corrected chi connectivity index (χ0v) is 16.6. The van der Waals surface area contributed by atoms with Gasteiger partial charge in [0.25, 0.3) is 0 Å². The number of benzene rings is 2. The number of carbonyl (C=O) groups is 1. The van der Waals surface area contributed by atoms with Crippen LogP contribution in [-0.4, -0.2) is 43.6 Å². The lowest BCUT2D eigenvalue weighted by molar-refractivity contribution is -0.119. The van der Waals surface area contributed by atoms with Gasteiger partial charge < -0.3 is 18.8 Å². The first-order valence-electron chi connectivity index (χ1n) is 9.70. The molecule has 1 aromatic heterocycles. The molecule has 1 fully saturated rings. The number of carbonyl (C=O) groups excluding carboxylic acids is 1. The average Bonchev–Trinajstić information content (AvgIpc) is 3.24. The van der Waals surface area contributed by atoms with Gasteiger partial charge >= 0.3 is 0 Å². The summed E-state index contributed by atoms with van der Waals surface area (Å²) in [7, 11) is 3.30. The van der Waals surface area contributed by atoms with Crippen LogP contribution in [0.25, 0.3) is 22.6 Å². The highest BCUT2D eigenvalue weighted by atomic mass is 16.5.